The Morgan fingerprint density at radius 1 is 1.33 bits per heavy atom. The zero-order valence-corrected chi connectivity index (χ0v) is 11.6. The first-order valence-corrected chi connectivity index (χ1v) is 6.69. The minimum Gasteiger partial charge on any atom is -0.390 e. The first-order chi connectivity index (χ1) is 10.0. The molecule has 1 aromatic rings. The number of hydrogen-bond acceptors (Lipinski definition) is 4. The molecular formula is C14H19FN2O4. The summed E-state index contributed by atoms with van der Waals surface area (Å²) in [5.41, 5.74) is 0.440. The van der Waals surface area contributed by atoms with Crippen LogP contribution in [0.4, 0.5) is 14.9 Å². The Morgan fingerprint density at radius 2 is 2.00 bits per heavy atom. The van der Waals surface area contributed by atoms with Gasteiger partial charge in [0.25, 0.3) is 0 Å². The van der Waals surface area contributed by atoms with Gasteiger partial charge in [0.1, 0.15) is 11.9 Å². The summed E-state index contributed by atoms with van der Waals surface area (Å²) in [4.78, 5) is 11.8. The summed E-state index contributed by atoms with van der Waals surface area (Å²) in [5.74, 6) is -0.612. The van der Waals surface area contributed by atoms with Gasteiger partial charge in [0.05, 0.1) is 18.8 Å². The number of carbonyl (C=O) groups is 1. The molecule has 1 aliphatic carbocycles. The lowest BCUT2D eigenvalue weighted by Gasteiger charge is -2.18. The minimum absolute atomic E-state index is 0.221. The van der Waals surface area contributed by atoms with E-state index in [0.29, 0.717) is 18.7 Å². The van der Waals surface area contributed by atoms with Crippen molar-refractivity contribution in [1.29, 1.82) is 0 Å². The van der Waals surface area contributed by atoms with E-state index >= 15 is 0 Å². The average molecular weight is 298 g/mol. The number of rotatable bonds is 4. The van der Waals surface area contributed by atoms with Crippen LogP contribution >= 0.6 is 0 Å². The quantitative estimate of drug-likeness (QED) is 0.659. The molecule has 1 aliphatic rings. The van der Waals surface area contributed by atoms with Crippen LogP contribution < -0.4 is 10.6 Å². The molecule has 2 rings (SSSR count). The van der Waals surface area contributed by atoms with E-state index in [4.69, 9.17) is 4.74 Å². The predicted molar refractivity (Wildman–Crippen MR) is 74.3 cm³/mol. The lowest BCUT2D eigenvalue weighted by Crippen LogP contribution is -2.44. The van der Waals surface area contributed by atoms with Crippen molar-refractivity contribution in [3.8, 4) is 0 Å². The molecule has 0 spiro atoms. The number of methoxy groups -OCH3 is 1. The number of anilines is 1. The Hall–Kier alpha value is -1.70. The Balaban J connectivity index is 1.89. The molecule has 0 aliphatic heterocycles. The fourth-order valence-corrected chi connectivity index (χ4v) is 2.52. The summed E-state index contributed by atoms with van der Waals surface area (Å²) in [6.45, 7) is 0.315. The van der Waals surface area contributed by atoms with Crippen LogP contribution in [0.15, 0.2) is 24.3 Å². The molecule has 0 bridgehead atoms. The van der Waals surface area contributed by atoms with Crippen LogP contribution in [-0.2, 0) is 4.74 Å². The van der Waals surface area contributed by atoms with Crippen molar-refractivity contribution >= 4 is 11.7 Å². The van der Waals surface area contributed by atoms with E-state index in [2.05, 4.69) is 10.6 Å². The minimum atomic E-state index is -1.04. The number of carbonyl (C=O) groups excluding carboxylic acids is 1. The van der Waals surface area contributed by atoms with E-state index in [1.54, 1.807) is 0 Å². The van der Waals surface area contributed by atoms with E-state index in [0.717, 1.165) is 0 Å². The summed E-state index contributed by atoms with van der Waals surface area (Å²) < 4.78 is 17.7. The van der Waals surface area contributed by atoms with E-state index in [-0.39, 0.29) is 5.92 Å². The van der Waals surface area contributed by atoms with Crippen molar-refractivity contribution < 1.29 is 24.1 Å². The summed E-state index contributed by atoms with van der Waals surface area (Å²) in [6.07, 6.45) is -1.54. The zero-order valence-electron chi connectivity index (χ0n) is 11.6. The standard InChI is InChI=1S/C14H19FN2O4/c1-21-7-8-6-11(13(19)12(8)18)17-14(20)16-10-4-2-9(15)3-5-10/h2-5,8,11-13,18-19H,6-7H2,1H3,(H2,16,17,20)/t8-,11-,12-,13+/m1/s1. The van der Waals surface area contributed by atoms with Gasteiger partial charge in [0.15, 0.2) is 0 Å². The van der Waals surface area contributed by atoms with Crippen molar-refractivity contribution in [2.45, 2.75) is 24.7 Å². The van der Waals surface area contributed by atoms with Crippen LogP contribution in [0.5, 0.6) is 0 Å². The second-order valence-electron chi connectivity index (χ2n) is 5.14. The molecule has 1 aromatic carbocycles. The van der Waals surface area contributed by atoms with E-state index in [1.807, 2.05) is 0 Å². The Morgan fingerprint density at radius 3 is 2.62 bits per heavy atom. The summed E-state index contributed by atoms with van der Waals surface area (Å²) in [5, 5.41) is 24.9. The first-order valence-electron chi connectivity index (χ1n) is 6.69. The van der Waals surface area contributed by atoms with Crippen LogP contribution in [0, 0.1) is 11.7 Å². The molecule has 1 fully saturated rings. The molecule has 21 heavy (non-hydrogen) atoms. The molecule has 4 atom stereocenters. The summed E-state index contributed by atoms with van der Waals surface area (Å²) in [6, 6.07) is 4.26. The molecule has 116 valence electrons. The third-order valence-electron chi connectivity index (χ3n) is 3.60. The molecule has 0 aromatic heterocycles. The number of ether oxygens (including phenoxy) is 1. The number of hydrogen-bond donors (Lipinski definition) is 4. The average Bonchev–Trinajstić information content (AvgIpc) is 2.70. The van der Waals surface area contributed by atoms with Crippen molar-refractivity contribution in [3.63, 3.8) is 0 Å². The molecule has 0 saturated heterocycles. The highest BCUT2D eigenvalue weighted by Crippen LogP contribution is 2.27. The first kappa shape index (κ1) is 15.7. The fourth-order valence-electron chi connectivity index (χ4n) is 2.52. The molecule has 0 heterocycles. The van der Waals surface area contributed by atoms with Crippen LogP contribution in [0.2, 0.25) is 0 Å². The van der Waals surface area contributed by atoms with Crippen molar-refractivity contribution in [2.24, 2.45) is 5.92 Å². The van der Waals surface area contributed by atoms with Crippen molar-refractivity contribution in [2.75, 3.05) is 19.0 Å². The van der Waals surface area contributed by atoms with Gasteiger partial charge in [-0.1, -0.05) is 0 Å². The van der Waals surface area contributed by atoms with Gasteiger partial charge in [-0.05, 0) is 30.7 Å². The highest BCUT2D eigenvalue weighted by atomic mass is 19.1. The van der Waals surface area contributed by atoms with Crippen LogP contribution in [0.25, 0.3) is 0 Å². The molecule has 0 unspecified atom stereocenters. The molecule has 0 radical (unpaired) electrons. The number of aliphatic hydroxyl groups is 2. The molecule has 7 heteroatoms. The zero-order chi connectivity index (χ0) is 15.4. The number of benzene rings is 1. The fraction of sp³-hybridized carbons (Fsp3) is 0.500. The summed E-state index contributed by atoms with van der Waals surface area (Å²) in [7, 11) is 1.51. The molecular weight excluding hydrogens is 279 g/mol. The Labute approximate surface area is 121 Å². The van der Waals surface area contributed by atoms with Crippen LogP contribution in [0.3, 0.4) is 0 Å². The van der Waals surface area contributed by atoms with Crippen LogP contribution in [-0.4, -0.2) is 48.2 Å². The van der Waals surface area contributed by atoms with E-state index in [9.17, 15) is 19.4 Å². The lowest BCUT2D eigenvalue weighted by atomic mass is 10.1. The van der Waals surface area contributed by atoms with Crippen LogP contribution in [0.1, 0.15) is 6.42 Å². The maximum atomic E-state index is 12.8. The molecule has 1 saturated carbocycles. The number of halogens is 1. The van der Waals surface area contributed by atoms with Gasteiger partial charge < -0.3 is 25.6 Å². The monoisotopic (exact) mass is 298 g/mol. The number of urea groups is 1. The third-order valence-corrected chi connectivity index (χ3v) is 3.60. The van der Waals surface area contributed by atoms with Gasteiger partial charge >= 0.3 is 6.03 Å². The normalized spacial score (nSPS) is 28.4. The second kappa shape index (κ2) is 6.84. The number of aliphatic hydroxyl groups excluding tert-OH is 2. The lowest BCUT2D eigenvalue weighted by molar-refractivity contribution is -0.00487. The van der Waals surface area contributed by atoms with Gasteiger partial charge in [0, 0.05) is 18.7 Å². The third kappa shape index (κ3) is 3.90. The highest BCUT2D eigenvalue weighted by Gasteiger charge is 2.42. The largest absolute Gasteiger partial charge is 0.390 e. The smallest absolute Gasteiger partial charge is 0.319 e. The number of amides is 2. The van der Waals surface area contributed by atoms with Gasteiger partial charge in [-0.3, -0.25) is 0 Å². The predicted octanol–water partition coefficient (Wildman–Crippen LogP) is 0.704. The Bertz CT molecular complexity index is 482. The van der Waals surface area contributed by atoms with Crippen molar-refractivity contribution in [3.05, 3.63) is 30.1 Å². The second-order valence-corrected chi connectivity index (χ2v) is 5.14. The topological polar surface area (TPSA) is 90.8 Å². The van der Waals surface area contributed by atoms with Gasteiger partial charge in [-0.2, -0.15) is 0 Å². The van der Waals surface area contributed by atoms with E-state index < -0.39 is 30.1 Å². The Kier molecular flexibility index (Phi) is 5.11. The van der Waals surface area contributed by atoms with Gasteiger partial charge in [-0.15, -0.1) is 0 Å². The highest BCUT2D eigenvalue weighted by molar-refractivity contribution is 5.89. The molecule has 2 amide bonds. The van der Waals surface area contributed by atoms with E-state index in [1.165, 1.54) is 31.4 Å². The van der Waals surface area contributed by atoms with Crippen molar-refractivity contribution in [1.82, 2.24) is 5.32 Å². The maximum absolute atomic E-state index is 12.8. The molecule has 4 N–H and O–H groups in total. The SMILES string of the molecule is COC[C@H]1C[C@@H](NC(=O)Nc2ccc(F)cc2)[C@H](O)[C@@H]1O. The van der Waals surface area contributed by atoms with Gasteiger partial charge in [0.2, 0.25) is 0 Å². The van der Waals surface area contributed by atoms with Gasteiger partial charge in [-0.25, -0.2) is 9.18 Å². The number of nitrogens with one attached hydrogen (secondary N) is 2. The summed E-state index contributed by atoms with van der Waals surface area (Å²) >= 11 is 0. The molecule has 6 nitrogen and oxygen atoms in total. The maximum Gasteiger partial charge on any atom is 0.319 e.